The van der Waals surface area contributed by atoms with Crippen molar-refractivity contribution >= 4 is 5.91 Å². The van der Waals surface area contributed by atoms with Crippen LogP contribution in [0.3, 0.4) is 0 Å². The smallest absolute Gasteiger partial charge is 0.217 e. The number of nitriles is 1. The lowest BCUT2D eigenvalue weighted by molar-refractivity contribution is -0.121. The van der Waals surface area contributed by atoms with Crippen molar-refractivity contribution in [3.05, 3.63) is 29.3 Å². The number of amides is 1. The van der Waals surface area contributed by atoms with Crippen LogP contribution in [0.1, 0.15) is 30.9 Å². The van der Waals surface area contributed by atoms with Gasteiger partial charge in [-0.15, -0.1) is 0 Å². The summed E-state index contributed by atoms with van der Waals surface area (Å²) in [7, 11) is 1.62. The molecule has 1 saturated heterocycles. The maximum absolute atomic E-state index is 11.3. The van der Waals surface area contributed by atoms with Gasteiger partial charge in [0.2, 0.25) is 5.91 Å². The van der Waals surface area contributed by atoms with Gasteiger partial charge in [0.1, 0.15) is 5.75 Å². The monoisotopic (exact) mass is 343 g/mol. The Morgan fingerprint density at radius 2 is 2.12 bits per heavy atom. The second kappa shape index (κ2) is 7.42. The molecule has 1 aliphatic heterocycles. The van der Waals surface area contributed by atoms with Crippen LogP contribution in [0.2, 0.25) is 0 Å². The molecule has 1 heterocycles. The van der Waals surface area contributed by atoms with Gasteiger partial charge in [-0.3, -0.25) is 9.69 Å². The van der Waals surface area contributed by atoms with Gasteiger partial charge in [0.25, 0.3) is 0 Å². The highest BCUT2D eigenvalue weighted by molar-refractivity contribution is 5.73. The standard InChI is InChI=1S/C19H25N3O3/c1-12(23)21-17-6-15-10-22(11-16(15)7-18(17)24)9-14-4-3-13(8-20)5-19(14)25-2/h3-5,15-18,24H,6-7,9-11H2,1-2H3,(H,21,23)/t15-,16+,17-,18-/m1/s1. The number of carbonyl (C=O) groups excluding carboxylic acids is 1. The van der Waals surface area contributed by atoms with Crippen molar-refractivity contribution in [1.82, 2.24) is 10.2 Å². The summed E-state index contributed by atoms with van der Waals surface area (Å²) in [6.45, 7) is 4.16. The third-order valence-electron chi connectivity index (χ3n) is 5.42. The number of rotatable bonds is 4. The maximum Gasteiger partial charge on any atom is 0.217 e. The number of aliphatic hydroxyl groups excluding tert-OH is 1. The Morgan fingerprint density at radius 1 is 1.40 bits per heavy atom. The van der Waals surface area contributed by atoms with Gasteiger partial charge in [-0.05, 0) is 36.8 Å². The molecule has 1 aromatic rings. The van der Waals surface area contributed by atoms with Gasteiger partial charge in [0.05, 0.1) is 30.9 Å². The van der Waals surface area contributed by atoms with Crippen molar-refractivity contribution in [1.29, 1.82) is 5.26 Å². The summed E-state index contributed by atoms with van der Waals surface area (Å²) >= 11 is 0. The van der Waals surface area contributed by atoms with E-state index in [1.54, 1.807) is 13.2 Å². The first kappa shape index (κ1) is 17.7. The molecule has 1 amide bonds. The SMILES string of the molecule is COc1cc(C#N)ccc1CN1C[C@H]2C[C@@H](NC(C)=O)[C@H](O)C[C@H]2C1. The van der Waals surface area contributed by atoms with Gasteiger partial charge >= 0.3 is 0 Å². The minimum atomic E-state index is -0.463. The van der Waals surface area contributed by atoms with Crippen molar-refractivity contribution in [2.24, 2.45) is 11.8 Å². The first-order valence-electron chi connectivity index (χ1n) is 8.74. The number of likely N-dealkylation sites (tertiary alicyclic amines) is 1. The van der Waals surface area contributed by atoms with Crippen molar-refractivity contribution < 1.29 is 14.6 Å². The van der Waals surface area contributed by atoms with Gasteiger partial charge in [0, 0.05) is 32.1 Å². The molecule has 1 aromatic carbocycles. The Morgan fingerprint density at radius 3 is 2.76 bits per heavy atom. The fourth-order valence-corrected chi connectivity index (χ4v) is 4.26. The number of carbonyl (C=O) groups is 1. The van der Waals surface area contributed by atoms with Crippen LogP contribution in [-0.2, 0) is 11.3 Å². The Labute approximate surface area is 148 Å². The van der Waals surface area contributed by atoms with E-state index in [-0.39, 0.29) is 11.9 Å². The molecule has 3 rings (SSSR count). The lowest BCUT2D eigenvalue weighted by Crippen LogP contribution is -2.48. The summed E-state index contributed by atoms with van der Waals surface area (Å²) < 4.78 is 5.43. The highest BCUT2D eigenvalue weighted by Gasteiger charge is 2.41. The van der Waals surface area contributed by atoms with E-state index in [1.807, 2.05) is 12.1 Å². The van der Waals surface area contributed by atoms with Gasteiger partial charge in [0.15, 0.2) is 0 Å². The number of nitrogens with one attached hydrogen (secondary N) is 1. The molecule has 1 saturated carbocycles. The number of fused-ring (bicyclic) bond motifs is 1. The summed E-state index contributed by atoms with van der Waals surface area (Å²) in [5.74, 6) is 1.61. The van der Waals surface area contributed by atoms with Gasteiger partial charge < -0.3 is 15.2 Å². The highest BCUT2D eigenvalue weighted by atomic mass is 16.5. The second-order valence-corrected chi connectivity index (χ2v) is 7.20. The van der Waals surface area contributed by atoms with E-state index >= 15 is 0 Å². The van der Waals surface area contributed by atoms with E-state index in [1.165, 1.54) is 6.92 Å². The van der Waals surface area contributed by atoms with Gasteiger partial charge in [-0.2, -0.15) is 5.26 Å². The third kappa shape index (κ3) is 3.94. The van der Waals surface area contributed by atoms with Crippen LogP contribution in [-0.4, -0.2) is 48.3 Å². The van der Waals surface area contributed by atoms with Crippen LogP contribution in [0.5, 0.6) is 5.75 Å². The van der Waals surface area contributed by atoms with E-state index < -0.39 is 6.10 Å². The number of ether oxygens (including phenoxy) is 1. The summed E-state index contributed by atoms with van der Waals surface area (Å²) in [6.07, 6.45) is 1.10. The first-order chi connectivity index (χ1) is 12.0. The van der Waals surface area contributed by atoms with Crippen LogP contribution in [0, 0.1) is 23.2 Å². The lowest BCUT2D eigenvalue weighted by atomic mass is 9.77. The quantitative estimate of drug-likeness (QED) is 0.860. The molecule has 2 N–H and O–H groups in total. The molecular formula is C19H25N3O3. The number of hydrogen-bond donors (Lipinski definition) is 2. The molecule has 0 bridgehead atoms. The normalized spacial score (nSPS) is 28.9. The molecule has 0 unspecified atom stereocenters. The summed E-state index contributed by atoms with van der Waals surface area (Å²) in [4.78, 5) is 13.7. The number of benzene rings is 1. The predicted octanol–water partition coefficient (Wildman–Crippen LogP) is 1.27. The van der Waals surface area contributed by atoms with Crippen molar-refractivity contribution in [3.8, 4) is 11.8 Å². The van der Waals surface area contributed by atoms with E-state index in [2.05, 4.69) is 16.3 Å². The Hall–Kier alpha value is -2.10. The zero-order valence-electron chi connectivity index (χ0n) is 14.7. The zero-order valence-corrected chi connectivity index (χ0v) is 14.7. The van der Waals surface area contributed by atoms with E-state index in [0.717, 1.165) is 43.8 Å². The third-order valence-corrected chi connectivity index (χ3v) is 5.42. The Bertz CT molecular complexity index is 685. The van der Waals surface area contributed by atoms with E-state index in [4.69, 9.17) is 10.00 Å². The summed E-state index contributed by atoms with van der Waals surface area (Å²) in [5, 5.41) is 22.2. The minimum Gasteiger partial charge on any atom is -0.496 e. The fraction of sp³-hybridized carbons (Fsp3) is 0.579. The molecule has 134 valence electrons. The molecule has 6 nitrogen and oxygen atoms in total. The number of hydrogen-bond acceptors (Lipinski definition) is 5. The molecule has 2 aliphatic rings. The number of aliphatic hydroxyl groups is 1. The van der Waals surface area contributed by atoms with Crippen LogP contribution in [0.4, 0.5) is 0 Å². The molecule has 2 fully saturated rings. The highest BCUT2D eigenvalue weighted by Crippen LogP contribution is 2.37. The fourth-order valence-electron chi connectivity index (χ4n) is 4.26. The van der Waals surface area contributed by atoms with Crippen molar-refractivity contribution in [3.63, 3.8) is 0 Å². The van der Waals surface area contributed by atoms with Crippen LogP contribution in [0.25, 0.3) is 0 Å². The molecule has 1 aliphatic carbocycles. The van der Waals surface area contributed by atoms with Crippen LogP contribution in [0.15, 0.2) is 18.2 Å². The topological polar surface area (TPSA) is 85.6 Å². The molecule has 4 atom stereocenters. The van der Waals surface area contributed by atoms with Crippen molar-refractivity contribution in [2.45, 2.75) is 38.5 Å². The maximum atomic E-state index is 11.3. The summed E-state index contributed by atoms with van der Waals surface area (Å²) in [5.41, 5.74) is 1.66. The molecule has 6 heteroatoms. The van der Waals surface area contributed by atoms with Gasteiger partial charge in [-0.1, -0.05) is 6.07 Å². The zero-order chi connectivity index (χ0) is 18.0. The predicted molar refractivity (Wildman–Crippen MR) is 92.8 cm³/mol. The Balaban J connectivity index is 1.66. The lowest BCUT2D eigenvalue weighted by Gasteiger charge is -2.35. The van der Waals surface area contributed by atoms with Gasteiger partial charge in [-0.25, -0.2) is 0 Å². The van der Waals surface area contributed by atoms with Crippen molar-refractivity contribution in [2.75, 3.05) is 20.2 Å². The second-order valence-electron chi connectivity index (χ2n) is 7.20. The molecule has 0 radical (unpaired) electrons. The molecule has 25 heavy (non-hydrogen) atoms. The molecular weight excluding hydrogens is 318 g/mol. The Kier molecular flexibility index (Phi) is 5.26. The molecule has 0 aromatic heterocycles. The summed E-state index contributed by atoms with van der Waals surface area (Å²) in [6, 6.07) is 7.54. The minimum absolute atomic E-state index is 0.0836. The average Bonchev–Trinajstić information content (AvgIpc) is 2.96. The number of methoxy groups -OCH3 is 1. The van der Waals surface area contributed by atoms with E-state index in [0.29, 0.717) is 17.4 Å². The number of nitrogens with zero attached hydrogens (tertiary/aromatic N) is 2. The molecule has 0 spiro atoms. The van der Waals surface area contributed by atoms with Crippen LogP contribution < -0.4 is 10.1 Å². The average molecular weight is 343 g/mol. The van der Waals surface area contributed by atoms with E-state index in [9.17, 15) is 9.90 Å². The van der Waals surface area contributed by atoms with Crippen LogP contribution >= 0.6 is 0 Å². The first-order valence-corrected chi connectivity index (χ1v) is 8.74. The largest absolute Gasteiger partial charge is 0.496 e.